The molecule has 2 aromatic heterocycles. The second kappa shape index (κ2) is 7.70. The Morgan fingerprint density at radius 3 is 2.57 bits per heavy atom. The van der Waals surface area contributed by atoms with E-state index in [0.29, 0.717) is 17.9 Å². The highest BCUT2D eigenvalue weighted by Gasteiger charge is 2.10. The number of benzene rings is 2. The summed E-state index contributed by atoms with van der Waals surface area (Å²) in [7, 11) is 1.89. The number of anilines is 1. The Kier molecular flexibility index (Phi) is 4.95. The third kappa shape index (κ3) is 3.68. The predicted octanol–water partition coefficient (Wildman–Crippen LogP) is 3.90. The number of nitrogens with one attached hydrogen (secondary N) is 1. The zero-order valence-electron chi connectivity index (χ0n) is 15.2. The summed E-state index contributed by atoms with van der Waals surface area (Å²) in [4.78, 5) is 12.6. The maximum atomic E-state index is 12.6. The number of hydrogen-bond acceptors (Lipinski definition) is 4. The predicted molar refractivity (Wildman–Crippen MR) is 111 cm³/mol. The third-order valence-corrected chi connectivity index (χ3v) is 4.73. The summed E-state index contributed by atoms with van der Waals surface area (Å²) >= 11 is 6.30. The Morgan fingerprint density at radius 1 is 1.00 bits per heavy atom. The van der Waals surface area contributed by atoms with Crippen molar-refractivity contribution in [2.24, 2.45) is 7.05 Å². The minimum Gasteiger partial charge on any atom is -0.378 e. The van der Waals surface area contributed by atoms with Crippen LogP contribution in [0.1, 0.15) is 5.56 Å². The average molecular weight is 392 g/mol. The molecule has 28 heavy (non-hydrogen) atoms. The molecular weight excluding hydrogens is 374 g/mol. The highest BCUT2D eigenvalue weighted by atomic mass is 35.5. The van der Waals surface area contributed by atoms with Crippen LogP contribution in [0.3, 0.4) is 0 Å². The Labute approximate surface area is 167 Å². The van der Waals surface area contributed by atoms with E-state index in [0.717, 1.165) is 16.7 Å². The molecule has 0 radical (unpaired) electrons. The summed E-state index contributed by atoms with van der Waals surface area (Å²) in [5.41, 5.74) is 4.01. The monoisotopic (exact) mass is 391 g/mol. The van der Waals surface area contributed by atoms with Gasteiger partial charge in [0.2, 0.25) is 0 Å². The molecule has 4 aromatic rings. The lowest BCUT2D eigenvalue weighted by atomic mass is 10.1. The normalized spacial score (nSPS) is 10.8. The van der Waals surface area contributed by atoms with E-state index in [2.05, 4.69) is 21.6 Å². The molecule has 4 rings (SSSR count). The van der Waals surface area contributed by atoms with Crippen LogP contribution >= 0.6 is 11.6 Å². The van der Waals surface area contributed by atoms with Crippen LogP contribution in [0, 0.1) is 0 Å². The van der Waals surface area contributed by atoms with Gasteiger partial charge in [-0.3, -0.25) is 9.48 Å². The summed E-state index contributed by atoms with van der Waals surface area (Å²) in [6.45, 7) is 0.518. The maximum absolute atomic E-state index is 12.6. The van der Waals surface area contributed by atoms with Gasteiger partial charge in [-0.25, -0.2) is 0 Å². The lowest BCUT2D eigenvalue weighted by Gasteiger charge is -2.11. The first kappa shape index (κ1) is 18.0. The molecular formula is C21H18ClN5O. The van der Waals surface area contributed by atoms with Gasteiger partial charge in [0.15, 0.2) is 0 Å². The number of aryl methyl sites for hydroxylation is 1. The van der Waals surface area contributed by atoms with Gasteiger partial charge in [-0.05, 0) is 29.3 Å². The van der Waals surface area contributed by atoms with Gasteiger partial charge in [0.25, 0.3) is 5.56 Å². The zero-order valence-corrected chi connectivity index (χ0v) is 16.0. The Morgan fingerprint density at radius 2 is 1.82 bits per heavy atom. The topological polar surface area (TPSA) is 64.7 Å². The molecule has 0 bridgehead atoms. The minimum absolute atomic E-state index is 0.113. The molecule has 7 heteroatoms. The van der Waals surface area contributed by atoms with Crippen molar-refractivity contribution in [1.82, 2.24) is 19.6 Å². The van der Waals surface area contributed by atoms with E-state index in [1.807, 2.05) is 68.0 Å². The van der Waals surface area contributed by atoms with Gasteiger partial charge in [-0.1, -0.05) is 48.0 Å². The van der Waals surface area contributed by atoms with Crippen molar-refractivity contribution in [2.75, 3.05) is 5.32 Å². The Hall–Kier alpha value is -3.38. The van der Waals surface area contributed by atoms with Crippen molar-refractivity contribution >= 4 is 17.3 Å². The second-order valence-electron chi connectivity index (χ2n) is 6.38. The molecule has 0 fully saturated rings. The first-order valence-electron chi connectivity index (χ1n) is 8.77. The van der Waals surface area contributed by atoms with Crippen molar-refractivity contribution in [3.8, 4) is 16.8 Å². The molecule has 140 valence electrons. The van der Waals surface area contributed by atoms with Crippen molar-refractivity contribution in [2.45, 2.75) is 6.54 Å². The van der Waals surface area contributed by atoms with E-state index in [1.165, 1.54) is 4.68 Å². The molecule has 2 heterocycles. The molecule has 0 spiro atoms. The first-order valence-corrected chi connectivity index (χ1v) is 9.15. The van der Waals surface area contributed by atoms with Crippen molar-refractivity contribution in [3.63, 3.8) is 0 Å². The largest absolute Gasteiger partial charge is 0.378 e. The lowest BCUT2D eigenvalue weighted by molar-refractivity contribution is 0.768. The molecule has 6 nitrogen and oxygen atoms in total. The van der Waals surface area contributed by atoms with Gasteiger partial charge >= 0.3 is 0 Å². The highest BCUT2D eigenvalue weighted by Crippen LogP contribution is 2.21. The SMILES string of the molecule is Cn1cc(-c2cccc(CNc3cnn(-c4ccccc4)c(=O)c3Cl)c2)cn1. The molecule has 0 amide bonds. The third-order valence-electron chi connectivity index (χ3n) is 4.37. The fourth-order valence-corrected chi connectivity index (χ4v) is 3.13. The summed E-state index contributed by atoms with van der Waals surface area (Å²) in [6, 6.07) is 17.3. The van der Waals surface area contributed by atoms with Crippen LogP contribution in [0.5, 0.6) is 0 Å². The van der Waals surface area contributed by atoms with Gasteiger partial charge < -0.3 is 5.32 Å². The number of rotatable bonds is 5. The number of para-hydroxylation sites is 1. The fraction of sp³-hybridized carbons (Fsp3) is 0.0952. The Bertz CT molecular complexity index is 1170. The lowest BCUT2D eigenvalue weighted by Crippen LogP contribution is -2.22. The first-order chi connectivity index (χ1) is 13.6. The molecule has 0 aliphatic rings. The van der Waals surface area contributed by atoms with E-state index in [-0.39, 0.29) is 10.6 Å². The van der Waals surface area contributed by atoms with Gasteiger partial charge in [-0.2, -0.15) is 14.9 Å². The molecule has 0 aliphatic heterocycles. The number of nitrogens with zero attached hydrogens (tertiary/aromatic N) is 4. The highest BCUT2D eigenvalue weighted by molar-refractivity contribution is 6.32. The van der Waals surface area contributed by atoms with Crippen LogP contribution in [0.25, 0.3) is 16.8 Å². The van der Waals surface area contributed by atoms with Crippen LogP contribution in [-0.2, 0) is 13.6 Å². The second-order valence-corrected chi connectivity index (χ2v) is 6.76. The van der Waals surface area contributed by atoms with Crippen LogP contribution in [0.15, 0.2) is 78.0 Å². The van der Waals surface area contributed by atoms with E-state index >= 15 is 0 Å². The summed E-state index contributed by atoms with van der Waals surface area (Å²) in [6.07, 6.45) is 5.37. The zero-order chi connectivity index (χ0) is 19.5. The molecule has 0 unspecified atom stereocenters. The van der Waals surface area contributed by atoms with Gasteiger partial charge in [-0.15, -0.1) is 0 Å². The average Bonchev–Trinajstić information content (AvgIpc) is 3.16. The molecule has 0 saturated carbocycles. The summed E-state index contributed by atoms with van der Waals surface area (Å²) in [5.74, 6) is 0. The van der Waals surface area contributed by atoms with Crippen LogP contribution in [-0.4, -0.2) is 19.6 Å². The van der Waals surface area contributed by atoms with Crippen LogP contribution in [0.4, 0.5) is 5.69 Å². The van der Waals surface area contributed by atoms with E-state index in [4.69, 9.17) is 11.6 Å². The molecule has 0 aliphatic carbocycles. The van der Waals surface area contributed by atoms with E-state index in [1.54, 1.807) is 10.9 Å². The van der Waals surface area contributed by atoms with E-state index in [9.17, 15) is 4.79 Å². The molecule has 2 aromatic carbocycles. The summed E-state index contributed by atoms with van der Waals surface area (Å²) < 4.78 is 3.06. The van der Waals surface area contributed by atoms with Gasteiger partial charge in [0.1, 0.15) is 5.02 Å². The van der Waals surface area contributed by atoms with Crippen molar-refractivity contribution in [1.29, 1.82) is 0 Å². The number of aromatic nitrogens is 4. The number of hydrogen-bond donors (Lipinski definition) is 1. The van der Waals surface area contributed by atoms with E-state index < -0.39 is 0 Å². The van der Waals surface area contributed by atoms with Crippen LogP contribution in [0.2, 0.25) is 5.02 Å². The quantitative estimate of drug-likeness (QED) is 0.560. The molecule has 1 N–H and O–H groups in total. The maximum Gasteiger partial charge on any atom is 0.292 e. The number of halogens is 1. The molecule has 0 atom stereocenters. The molecule has 0 saturated heterocycles. The summed E-state index contributed by atoms with van der Waals surface area (Å²) in [5, 5.41) is 11.8. The standard InChI is InChI=1S/C21H18ClN5O/c1-26-14-17(12-24-26)16-7-5-6-15(10-16)11-23-19-13-25-27(21(28)20(19)22)18-8-3-2-4-9-18/h2-10,12-14,23H,11H2,1H3. The minimum atomic E-state index is -0.359. The van der Waals surface area contributed by atoms with Crippen molar-refractivity contribution < 1.29 is 0 Å². The smallest absolute Gasteiger partial charge is 0.292 e. The van der Waals surface area contributed by atoms with Crippen LogP contribution < -0.4 is 10.9 Å². The van der Waals surface area contributed by atoms with Crippen molar-refractivity contribution in [3.05, 3.63) is 94.1 Å². The Balaban J connectivity index is 1.54. The van der Waals surface area contributed by atoms with Gasteiger partial charge in [0, 0.05) is 25.4 Å². The van der Waals surface area contributed by atoms with Gasteiger partial charge in [0.05, 0.1) is 23.8 Å². The fourth-order valence-electron chi connectivity index (χ4n) is 2.94.